The van der Waals surface area contributed by atoms with Crippen molar-refractivity contribution in [3.8, 4) is 0 Å². The second-order valence-electron chi connectivity index (χ2n) is 4.03. The molecule has 5 heteroatoms. The maximum atomic E-state index is 12.0. The van der Waals surface area contributed by atoms with Crippen LogP contribution in [0.15, 0.2) is 23.7 Å². The number of hydrogen-bond acceptors (Lipinski definition) is 4. The molecule has 0 atom stereocenters. The average molecular weight is 262 g/mol. The predicted molar refractivity (Wildman–Crippen MR) is 71.9 cm³/mol. The van der Waals surface area contributed by atoms with Gasteiger partial charge in [0, 0.05) is 5.69 Å². The molecule has 0 radical (unpaired) electrons. The average Bonchev–Trinajstić information content (AvgIpc) is 2.78. The second-order valence-corrected chi connectivity index (χ2v) is 4.88. The number of hydrogen-bond donors (Lipinski definition) is 2. The standard InChI is InChI=1S/C13H14N2O2S/c1-8-3-4-10(6-16)5-11(8)15-13(17)12-9(2)14-7-18-12/h3-5,7,16H,6H2,1-2H3,(H,15,17). The molecule has 1 heterocycles. The normalized spacial score (nSPS) is 10.4. The topological polar surface area (TPSA) is 62.2 Å². The van der Waals surface area contributed by atoms with Crippen LogP contribution in [0.4, 0.5) is 5.69 Å². The molecule has 0 saturated heterocycles. The number of thiazole rings is 1. The summed E-state index contributed by atoms with van der Waals surface area (Å²) in [6.45, 7) is 3.68. The predicted octanol–water partition coefficient (Wildman–Crippen LogP) is 2.50. The van der Waals surface area contributed by atoms with E-state index < -0.39 is 0 Å². The molecule has 4 nitrogen and oxygen atoms in total. The fourth-order valence-electron chi connectivity index (χ4n) is 1.60. The molecule has 1 aromatic carbocycles. The summed E-state index contributed by atoms with van der Waals surface area (Å²) in [7, 11) is 0. The zero-order chi connectivity index (χ0) is 13.1. The third kappa shape index (κ3) is 2.57. The van der Waals surface area contributed by atoms with E-state index in [0.29, 0.717) is 4.88 Å². The Hall–Kier alpha value is -1.72. The Balaban J connectivity index is 2.24. The lowest BCUT2D eigenvalue weighted by atomic mass is 10.1. The van der Waals surface area contributed by atoms with E-state index in [-0.39, 0.29) is 12.5 Å². The van der Waals surface area contributed by atoms with E-state index in [1.54, 1.807) is 11.6 Å². The number of nitrogens with one attached hydrogen (secondary N) is 1. The number of aliphatic hydroxyl groups is 1. The molecule has 0 aliphatic rings. The second kappa shape index (κ2) is 5.29. The number of carbonyl (C=O) groups excluding carboxylic acids is 1. The number of nitrogens with zero attached hydrogens (tertiary/aromatic N) is 1. The van der Waals surface area contributed by atoms with Crippen molar-refractivity contribution in [2.75, 3.05) is 5.32 Å². The maximum Gasteiger partial charge on any atom is 0.267 e. The van der Waals surface area contributed by atoms with Crippen LogP contribution in [0.5, 0.6) is 0 Å². The fraction of sp³-hybridized carbons (Fsp3) is 0.231. The van der Waals surface area contributed by atoms with E-state index in [9.17, 15) is 4.79 Å². The molecular weight excluding hydrogens is 248 g/mol. The molecule has 18 heavy (non-hydrogen) atoms. The number of carbonyl (C=O) groups is 1. The molecule has 1 aromatic heterocycles. The highest BCUT2D eigenvalue weighted by Gasteiger charge is 2.12. The summed E-state index contributed by atoms with van der Waals surface area (Å²) in [6, 6.07) is 5.49. The molecule has 0 aliphatic carbocycles. The fourth-order valence-corrected chi connectivity index (χ4v) is 2.30. The van der Waals surface area contributed by atoms with Gasteiger partial charge in [-0.15, -0.1) is 11.3 Å². The minimum absolute atomic E-state index is 0.0390. The molecular formula is C13H14N2O2S. The molecule has 0 aliphatic heterocycles. The van der Waals surface area contributed by atoms with Crippen molar-refractivity contribution >= 4 is 22.9 Å². The largest absolute Gasteiger partial charge is 0.392 e. The van der Waals surface area contributed by atoms with Crippen molar-refractivity contribution in [2.24, 2.45) is 0 Å². The van der Waals surface area contributed by atoms with Crippen molar-refractivity contribution in [1.29, 1.82) is 0 Å². The van der Waals surface area contributed by atoms with Crippen molar-refractivity contribution in [3.05, 3.63) is 45.4 Å². The first-order valence-electron chi connectivity index (χ1n) is 5.53. The van der Waals surface area contributed by atoms with Gasteiger partial charge in [-0.3, -0.25) is 4.79 Å². The maximum absolute atomic E-state index is 12.0. The van der Waals surface area contributed by atoms with Crippen LogP contribution in [-0.2, 0) is 6.61 Å². The minimum Gasteiger partial charge on any atom is -0.392 e. The van der Waals surface area contributed by atoms with Gasteiger partial charge in [-0.25, -0.2) is 4.98 Å². The van der Waals surface area contributed by atoms with Gasteiger partial charge in [0.2, 0.25) is 0 Å². The Labute approximate surface area is 109 Å². The van der Waals surface area contributed by atoms with E-state index in [4.69, 9.17) is 5.11 Å². The summed E-state index contributed by atoms with van der Waals surface area (Å²) < 4.78 is 0. The molecule has 2 N–H and O–H groups in total. The van der Waals surface area contributed by atoms with Crippen LogP contribution in [0, 0.1) is 13.8 Å². The summed E-state index contributed by atoms with van der Waals surface area (Å²) in [5, 5.41) is 11.9. The van der Waals surface area contributed by atoms with E-state index in [1.807, 2.05) is 26.0 Å². The van der Waals surface area contributed by atoms with Gasteiger partial charge in [-0.05, 0) is 31.0 Å². The van der Waals surface area contributed by atoms with Crippen molar-refractivity contribution in [3.63, 3.8) is 0 Å². The zero-order valence-corrected chi connectivity index (χ0v) is 11.0. The van der Waals surface area contributed by atoms with Crippen molar-refractivity contribution in [1.82, 2.24) is 4.98 Å². The van der Waals surface area contributed by atoms with Crippen molar-refractivity contribution in [2.45, 2.75) is 20.5 Å². The highest BCUT2D eigenvalue weighted by atomic mass is 32.1. The van der Waals surface area contributed by atoms with Gasteiger partial charge in [-0.1, -0.05) is 12.1 Å². The minimum atomic E-state index is -0.159. The van der Waals surface area contributed by atoms with Crippen LogP contribution in [0.2, 0.25) is 0 Å². The Kier molecular flexibility index (Phi) is 3.74. The lowest BCUT2D eigenvalue weighted by Gasteiger charge is -2.09. The van der Waals surface area contributed by atoms with Crippen molar-refractivity contribution < 1.29 is 9.90 Å². The van der Waals surface area contributed by atoms with E-state index in [1.165, 1.54) is 11.3 Å². The first-order chi connectivity index (χ1) is 8.61. The number of aromatic nitrogens is 1. The SMILES string of the molecule is Cc1ccc(CO)cc1NC(=O)c1scnc1C. The van der Waals surface area contributed by atoms with Gasteiger partial charge in [0.1, 0.15) is 4.88 Å². The van der Waals surface area contributed by atoms with Crippen LogP contribution < -0.4 is 5.32 Å². The third-order valence-electron chi connectivity index (χ3n) is 2.68. The van der Waals surface area contributed by atoms with Gasteiger partial charge in [-0.2, -0.15) is 0 Å². The Morgan fingerprint density at radius 3 is 2.83 bits per heavy atom. The van der Waals surface area contributed by atoms with Gasteiger partial charge in [0.25, 0.3) is 5.91 Å². The lowest BCUT2D eigenvalue weighted by molar-refractivity contribution is 0.102. The molecule has 94 valence electrons. The molecule has 0 bridgehead atoms. The molecule has 0 saturated carbocycles. The number of anilines is 1. The smallest absolute Gasteiger partial charge is 0.267 e. The zero-order valence-electron chi connectivity index (χ0n) is 10.2. The summed E-state index contributed by atoms with van der Waals surface area (Å²) in [5.41, 5.74) is 4.84. The monoisotopic (exact) mass is 262 g/mol. The van der Waals surface area contributed by atoms with Crippen LogP contribution in [0.3, 0.4) is 0 Å². The van der Waals surface area contributed by atoms with Gasteiger partial charge < -0.3 is 10.4 Å². The van der Waals surface area contributed by atoms with Gasteiger partial charge in [0.15, 0.2) is 0 Å². The Bertz CT molecular complexity index is 578. The third-order valence-corrected chi connectivity index (χ3v) is 3.61. The highest BCUT2D eigenvalue weighted by molar-refractivity contribution is 7.12. The molecule has 0 unspecified atom stereocenters. The van der Waals surface area contributed by atoms with E-state index in [0.717, 1.165) is 22.5 Å². The lowest BCUT2D eigenvalue weighted by Crippen LogP contribution is -2.12. The number of rotatable bonds is 3. The molecule has 1 amide bonds. The molecule has 2 aromatic rings. The first kappa shape index (κ1) is 12.7. The number of aliphatic hydroxyl groups excluding tert-OH is 1. The van der Waals surface area contributed by atoms with E-state index >= 15 is 0 Å². The van der Waals surface area contributed by atoms with Crippen LogP contribution in [0.1, 0.15) is 26.5 Å². The van der Waals surface area contributed by atoms with Crippen LogP contribution in [0.25, 0.3) is 0 Å². The quantitative estimate of drug-likeness (QED) is 0.893. The summed E-state index contributed by atoms with van der Waals surface area (Å²) in [6.07, 6.45) is 0. The highest BCUT2D eigenvalue weighted by Crippen LogP contribution is 2.20. The van der Waals surface area contributed by atoms with Crippen LogP contribution >= 0.6 is 11.3 Å². The van der Waals surface area contributed by atoms with Crippen LogP contribution in [-0.4, -0.2) is 16.0 Å². The molecule has 0 spiro atoms. The summed E-state index contributed by atoms with van der Waals surface area (Å²) >= 11 is 1.32. The van der Waals surface area contributed by atoms with E-state index in [2.05, 4.69) is 10.3 Å². The Morgan fingerprint density at radius 2 is 2.22 bits per heavy atom. The number of benzene rings is 1. The Morgan fingerprint density at radius 1 is 1.44 bits per heavy atom. The summed E-state index contributed by atoms with van der Waals surface area (Å²) in [5.74, 6) is -0.159. The number of aryl methyl sites for hydroxylation is 2. The van der Waals surface area contributed by atoms with Gasteiger partial charge >= 0.3 is 0 Å². The number of amides is 1. The molecule has 0 fully saturated rings. The van der Waals surface area contributed by atoms with Gasteiger partial charge in [0.05, 0.1) is 17.8 Å². The summed E-state index contributed by atoms with van der Waals surface area (Å²) in [4.78, 5) is 16.7. The first-order valence-corrected chi connectivity index (χ1v) is 6.41. The molecule has 2 rings (SSSR count).